The maximum absolute atomic E-state index is 13.1. The summed E-state index contributed by atoms with van der Waals surface area (Å²) in [4.78, 5) is 7.46. The molecule has 0 spiro atoms. The molecule has 0 bridgehead atoms. The molecule has 142 valence electrons. The van der Waals surface area contributed by atoms with E-state index in [9.17, 15) is 21.6 Å². The van der Waals surface area contributed by atoms with Crippen molar-refractivity contribution in [1.82, 2.24) is 19.7 Å². The molecule has 6 nitrogen and oxygen atoms in total. The number of nitrogens with zero attached hydrogens (tertiary/aromatic N) is 4. The van der Waals surface area contributed by atoms with Gasteiger partial charge in [0, 0.05) is 23.0 Å². The van der Waals surface area contributed by atoms with Crippen molar-refractivity contribution in [1.29, 1.82) is 0 Å². The van der Waals surface area contributed by atoms with Crippen LogP contribution in [0, 0.1) is 6.92 Å². The lowest BCUT2D eigenvalue weighted by Gasteiger charge is -2.07. The van der Waals surface area contributed by atoms with Crippen LogP contribution in [0.3, 0.4) is 0 Å². The van der Waals surface area contributed by atoms with Gasteiger partial charge in [0.25, 0.3) is 5.82 Å². The van der Waals surface area contributed by atoms with E-state index in [4.69, 9.17) is 11.6 Å². The molecule has 27 heavy (non-hydrogen) atoms. The van der Waals surface area contributed by atoms with Gasteiger partial charge in [-0.2, -0.15) is 17.9 Å². The van der Waals surface area contributed by atoms with E-state index < -0.39 is 21.8 Å². The van der Waals surface area contributed by atoms with E-state index in [1.54, 1.807) is 19.1 Å². The van der Waals surface area contributed by atoms with Gasteiger partial charge < -0.3 is 0 Å². The van der Waals surface area contributed by atoms with E-state index in [0.717, 1.165) is 17.1 Å². The molecule has 0 atom stereocenters. The second-order valence-electron chi connectivity index (χ2n) is 5.76. The number of halogens is 4. The Kier molecular flexibility index (Phi) is 4.73. The second-order valence-corrected chi connectivity index (χ2v) is 8.18. The maximum Gasteiger partial charge on any atom is 0.453 e. The minimum absolute atomic E-state index is 0.00648. The Bertz CT molecular complexity index is 1110. The summed E-state index contributed by atoms with van der Waals surface area (Å²) in [5.41, 5.74) is 1.01. The lowest BCUT2D eigenvalue weighted by Crippen LogP contribution is -2.09. The van der Waals surface area contributed by atoms with Crippen molar-refractivity contribution in [2.24, 2.45) is 0 Å². The van der Waals surface area contributed by atoms with Gasteiger partial charge in [0.2, 0.25) is 0 Å². The van der Waals surface area contributed by atoms with Crippen LogP contribution in [0.25, 0.3) is 17.2 Å². The van der Waals surface area contributed by atoms with Crippen LogP contribution in [0.5, 0.6) is 0 Å². The molecule has 0 saturated carbocycles. The smallest absolute Gasteiger partial charge is 0.236 e. The summed E-state index contributed by atoms with van der Waals surface area (Å²) in [5.74, 6) is -1.44. The molecule has 3 aromatic rings. The van der Waals surface area contributed by atoms with Crippen LogP contribution in [-0.2, 0) is 16.0 Å². The van der Waals surface area contributed by atoms with E-state index >= 15 is 0 Å². The Labute approximate surface area is 157 Å². The zero-order chi connectivity index (χ0) is 20.0. The van der Waals surface area contributed by atoms with E-state index in [0.29, 0.717) is 16.1 Å². The monoisotopic (exact) mass is 416 g/mol. The molecular formula is C16H12ClF3N4O2S. The number of alkyl halides is 3. The fraction of sp³-hybridized carbons (Fsp3) is 0.188. The molecule has 0 aliphatic heterocycles. The standard InChI is InChI=1S/C16H12ClF3N4O2S/c1-9-7-10(3-5-12(9)17)14-22-15(16(18,19)20)23-24(14)13-6-4-11(8-21-13)27(2,25)26/h3-8H,1-2H3. The molecule has 0 unspecified atom stereocenters. The van der Waals surface area contributed by atoms with Gasteiger partial charge in [-0.25, -0.2) is 18.4 Å². The zero-order valence-corrected chi connectivity index (χ0v) is 15.6. The van der Waals surface area contributed by atoms with Crippen LogP contribution in [0.1, 0.15) is 11.4 Å². The number of pyridine rings is 1. The highest BCUT2D eigenvalue weighted by molar-refractivity contribution is 7.90. The van der Waals surface area contributed by atoms with Crippen molar-refractivity contribution in [2.45, 2.75) is 18.0 Å². The largest absolute Gasteiger partial charge is 0.453 e. The van der Waals surface area contributed by atoms with E-state index in [1.807, 2.05) is 0 Å². The maximum atomic E-state index is 13.1. The van der Waals surface area contributed by atoms with Crippen LogP contribution >= 0.6 is 11.6 Å². The Balaban J connectivity index is 2.19. The van der Waals surface area contributed by atoms with Crippen molar-refractivity contribution >= 4 is 21.4 Å². The highest BCUT2D eigenvalue weighted by atomic mass is 35.5. The third-order valence-electron chi connectivity index (χ3n) is 3.64. The molecule has 0 N–H and O–H groups in total. The third-order valence-corrected chi connectivity index (χ3v) is 5.16. The first-order valence-electron chi connectivity index (χ1n) is 7.44. The van der Waals surface area contributed by atoms with Gasteiger partial charge in [0.1, 0.15) is 0 Å². The van der Waals surface area contributed by atoms with Gasteiger partial charge in [0.15, 0.2) is 21.5 Å². The summed E-state index contributed by atoms with van der Waals surface area (Å²) < 4.78 is 63.3. The minimum atomic E-state index is -4.76. The van der Waals surface area contributed by atoms with Crippen molar-refractivity contribution in [3.8, 4) is 17.2 Å². The summed E-state index contributed by atoms with van der Waals surface area (Å²) in [6.07, 6.45) is -2.70. The predicted octanol–water partition coefficient (Wildman–Crippen LogP) is 3.71. The molecule has 1 aromatic carbocycles. The first kappa shape index (κ1) is 19.3. The van der Waals surface area contributed by atoms with Gasteiger partial charge in [0.05, 0.1) is 4.90 Å². The molecular weight excluding hydrogens is 405 g/mol. The predicted molar refractivity (Wildman–Crippen MR) is 92.4 cm³/mol. The van der Waals surface area contributed by atoms with Gasteiger partial charge in [-0.15, -0.1) is 5.10 Å². The van der Waals surface area contributed by atoms with Crippen LogP contribution in [0.4, 0.5) is 13.2 Å². The average molecular weight is 417 g/mol. The Hall–Kier alpha value is -2.46. The quantitative estimate of drug-likeness (QED) is 0.650. The molecule has 0 aliphatic carbocycles. The van der Waals surface area contributed by atoms with E-state index in [-0.39, 0.29) is 16.5 Å². The summed E-state index contributed by atoms with van der Waals surface area (Å²) >= 11 is 5.97. The van der Waals surface area contributed by atoms with Crippen LogP contribution < -0.4 is 0 Å². The number of sulfone groups is 1. The number of rotatable bonds is 3. The second kappa shape index (κ2) is 6.61. The molecule has 0 amide bonds. The van der Waals surface area contributed by atoms with Crippen molar-refractivity contribution < 1.29 is 21.6 Å². The topological polar surface area (TPSA) is 77.7 Å². The molecule has 0 saturated heterocycles. The van der Waals surface area contributed by atoms with Crippen molar-refractivity contribution in [2.75, 3.05) is 6.26 Å². The van der Waals surface area contributed by atoms with Gasteiger partial charge >= 0.3 is 6.18 Å². The van der Waals surface area contributed by atoms with Gasteiger partial charge in [-0.3, -0.25) is 0 Å². The SMILES string of the molecule is Cc1cc(-c2nc(C(F)(F)F)nn2-c2ccc(S(C)(=O)=O)cn2)ccc1Cl. The summed E-state index contributed by atoms with van der Waals surface area (Å²) in [6.45, 7) is 1.70. The van der Waals surface area contributed by atoms with Gasteiger partial charge in [-0.1, -0.05) is 11.6 Å². The summed E-state index contributed by atoms with van der Waals surface area (Å²) in [6, 6.07) is 7.13. The summed E-state index contributed by atoms with van der Waals surface area (Å²) in [5, 5.41) is 3.96. The molecule has 0 fully saturated rings. The summed E-state index contributed by atoms with van der Waals surface area (Å²) in [7, 11) is -3.49. The Morgan fingerprint density at radius 3 is 2.37 bits per heavy atom. The first-order valence-corrected chi connectivity index (χ1v) is 9.71. The molecule has 2 aromatic heterocycles. The number of benzene rings is 1. The van der Waals surface area contributed by atoms with Crippen LogP contribution in [0.2, 0.25) is 5.02 Å². The molecule has 3 rings (SSSR count). The number of aromatic nitrogens is 4. The lowest BCUT2D eigenvalue weighted by atomic mass is 10.1. The number of aryl methyl sites for hydroxylation is 1. The first-order chi connectivity index (χ1) is 12.5. The molecule has 0 aliphatic rings. The third kappa shape index (κ3) is 3.96. The van der Waals surface area contributed by atoms with E-state index in [1.165, 1.54) is 18.2 Å². The number of hydrogen-bond donors (Lipinski definition) is 0. The minimum Gasteiger partial charge on any atom is -0.236 e. The fourth-order valence-electron chi connectivity index (χ4n) is 2.28. The van der Waals surface area contributed by atoms with Crippen LogP contribution in [-0.4, -0.2) is 34.4 Å². The molecule has 2 heterocycles. The number of hydrogen-bond acceptors (Lipinski definition) is 5. The Morgan fingerprint density at radius 2 is 1.85 bits per heavy atom. The fourth-order valence-corrected chi connectivity index (χ4v) is 2.96. The van der Waals surface area contributed by atoms with Crippen LogP contribution in [0.15, 0.2) is 41.4 Å². The Morgan fingerprint density at radius 1 is 1.15 bits per heavy atom. The van der Waals surface area contributed by atoms with Gasteiger partial charge in [-0.05, 0) is 42.8 Å². The van der Waals surface area contributed by atoms with Crippen molar-refractivity contribution in [3.63, 3.8) is 0 Å². The average Bonchev–Trinajstić information content (AvgIpc) is 3.02. The molecule has 0 radical (unpaired) electrons. The lowest BCUT2D eigenvalue weighted by molar-refractivity contribution is -0.144. The highest BCUT2D eigenvalue weighted by Gasteiger charge is 2.37. The normalized spacial score (nSPS) is 12.4. The zero-order valence-electron chi connectivity index (χ0n) is 14.0. The molecule has 11 heteroatoms. The highest BCUT2D eigenvalue weighted by Crippen LogP contribution is 2.31. The van der Waals surface area contributed by atoms with Crippen molar-refractivity contribution in [3.05, 3.63) is 52.9 Å². The van der Waals surface area contributed by atoms with E-state index in [2.05, 4.69) is 15.1 Å².